The molecule has 0 saturated carbocycles. The van der Waals surface area contributed by atoms with E-state index in [0.717, 1.165) is 9.75 Å². The summed E-state index contributed by atoms with van der Waals surface area (Å²) < 4.78 is 27.0. The molecule has 1 amide bonds. The Kier molecular flexibility index (Phi) is 7.73. The van der Waals surface area contributed by atoms with E-state index >= 15 is 0 Å². The van der Waals surface area contributed by atoms with Gasteiger partial charge in [0.15, 0.2) is 5.78 Å². The summed E-state index contributed by atoms with van der Waals surface area (Å²) in [5, 5.41) is 2.71. The molecule has 2 rings (SSSR count). The van der Waals surface area contributed by atoms with Crippen LogP contribution in [0.25, 0.3) is 0 Å². The number of nitrogens with zero attached hydrogens (tertiary/aromatic N) is 1. The molecule has 29 heavy (non-hydrogen) atoms. The molecule has 0 aliphatic carbocycles. The van der Waals surface area contributed by atoms with Crippen LogP contribution in [0.3, 0.4) is 0 Å². The van der Waals surface area contributed by atoms with Crippen LogP contribution in [0.1, 0.15) is 52.4 Å². The minimum Gasteiger partial charge on any atom is -0.326 e. The van der Waals surface area contributed by atoms with Crippen LogP contribution in [0.2, 0.25) is 0 Å². The van der Waals surface area contributed by atoms with Crippen LogP contribution in [0.5, 0.6) is 0 Å². The molecule has 0 aliphatic heterocycles. The van der Waals surface area contributed by atoms with Crippen LogP contribution in [0, 0.1) is 20.8 Å². The minimum atomic E-state index is -3.63. The number of carbonyl (C=O) groups is 2. The Hall–Kier alpha value is -2.03. The number of nitrogens with one attached hydrogen (secondary N) is 1. The van der Waals surface area contributed by atoms with E-state index in [0.29, 0.717) is 29.9 Å². The molecule has 0 atom stereocenters. The minimum absolute atomic E-state index is 0.0408. The fraction of sp³-hybridized carbons (Fsp3) is 0.429. The first-order chi connectivity index (χ1) is 13.6. The number of hydrogen-bond donors (Lipinski definition) is 1. The lowest BCUT2D eigenvalue weighted by molar-refractivity contribution is -0.116. The summed E-state index contributed by atoms with van der Waals surface area (Å²) in [5.41, 5.74) is 1.69. The van der Waals surface area contributed by atoms with Crippen LogP contribution >= 0.6 is 11.3 Å². The number of amides is 1. The molecule has 0 radical (unpaired) electrons. The van der Waals surface area contributed by atoms with E-state index in [1.165, 1.54) is 10.4 Å². The Morgan fingerprint density at radius 1 is 1.03 bits per heavy atom. The molecule has 0 spiro atoms. The number of thiophene rings is 1. The number of carbonyl (C=O) groups excluding carboxylic acids is 2. The lowest BCUT2D eigenvalue weighted by Crippen LogP contribution is -2.31. The highest BCUT2D eigenvalue weighted by Gasteiger charge is 2.24. The zero-order valence-corrected chi connectivity index (χ0v) is 19.2. The number of benzene rings is 1. The van der Waals surface area contributed by atoms with Gasteiger partial charge in [-0.2, -0.15) is 4.31 Å². The molecule has 1 heterocycles. The number of hydrogen-bond acceptors (Lipinski definition) is 5. The van der Waals surface area contributed by atoms with E-state index < -0.39 is 10.0 Å². The molecule has 0 saturated heterocycles. The topological polar surface area (TPSA) is 83.6 Å². The number of Topliss-reactive ketones (excluding diaryl/α,β-unsaturated/α-hetero) is 1. The van der Waals surface area contributed by atoms with Crippen LogP contribution < -0.4 is 5.32 Å². The largest absolute Gasteiger partial charge is 0.326 e. The van der Waals surface area contributed by atoms with E-state index in [9.17, 15) is 18.0 Å². The third kappa shape index (κ3) is 5.52. The predicted octanol–water partition coefficient (Wildman–Crippen LogP) is 4.31. The van der Waals surface area contributed by atoms with Gasteiger partial charge in [-0.15, -0.1) is 11.3 Å². The second-order valence-corrected chi connectivity index (χ2v) is 10.2. The Morgan fingerprint density at radius 2 is 1.69 bits per heavy atom. The number of sulfonamides is 1. The van der Waals surface area contributed by atoms with E-state index in [1.54, 1.807) is 44.2 Å². The number of anilines is 1. The van der Waals surface area contributed by atoms with E-state index in [4.69, 9.17) is 0 Å². The third-order valence-corrected chi connectivity index (χ3v) is 7.87. The van der Waals surface area contributed by atoms with Crippen LogP contribution in [0.4, 0.5) is 5.69 Å². The molecular weight excluding hydrogens is 408 g/mol. The van der Waals surface area contributed by atoms with Crippen LogP contribution in [-0.2, 0) is 14.8 Å². The number of ketones is 1. The molecule has 158 valence electrons. The van der Waals surface area contributed by atoms with Gasteiger partial charge in [0.05, 0.1) is 4.90 Å². The molecule has 0 unspecified atom stereocenters. The van der Waals surface area contributed by atoms with Crippen molar-refractivity contribution in [3.05, 3.63) is 45.1 Å². The van der Waals surface area contributed by atoms with Crippen molar-refractivity contribution in [2.24, 2.45) is 0 Å². The molecule has 0 fully saturated rings. The van der Waals surface area contributed by atoms with Gasteiger partial charge in [0, 0.05) is 46.9 Å². The lowest BCUT2D eigenvalue weighted by Gasteiger charge is -2.20. The second kappa shape index (κ2) is 9.65. The maximum Gasteiger partial charge on any atom is 0.243 e. The molecule has 2 aromatic rings. The van der Waals surface area contributed by atoms with Crippen molar-refractivity contribution in [3.8, 4) is 0 Å². The Bertz CT molecular complexity index is 1010. The molecule has 0 aliphatic rings. The van der Waals surface area contributed by atoms with Gasteiger partial charge in [-0.3, -0.25) is 9.59 Å². The molecule has 6 nitrogen and oxygen atoms in total. The summed E-state index contributed by atoms with van der Waals surface area (Å²) >= 11 is 1.56. The van der Waals surface area contributed by atoms with Crippen molar-refractivity contribution in [2.75, 3.05) is 18.4 Å². The molecule has 8 heteroatoms. The Morgan fingerprint density at radius 3 is 2.24 bits per heavy atom. The van der Waals surface area contributed by atoms with Crippen molar-refractivity contribution in [2.45, 2.75) is 52.4 Å². The maximum absolute atomic E-state index is 12.8. The Balaban J connectivity index is 2.09. The van der Waals surface area contributed by atoms with Gasteiger partial charge >= 0.3 is 0 Å². The molecule has 1 N–H and O–H groups in total. The summed E-state index contributed by atoms with van der Waals surface area (Å²) in [4.78, 5) is 26.9. The first-order valence-electron chi connectivity index (χ1n) is 9.61. The average Bonchev–Trinajstić information content (AvgIpc) is 3.00. The molecule has 0 bridgehead atoms. The number of rotatable bonds is 9. The lowest BCUT2D eigenvalue weighted by atomic mass is 10.1. The highest BCUT2D eigenvalue weighted by Crippen LogP contribution is 2.25. The van der Waals surface area contributed by atoms with Gasteiger partial charge in [-0.05, 0) is 44.5 Å². The normalized spacial score (nSPS) is 11.7. The van der Waals surface area contributed by atoms with Crippen molar-refractivity contribution in [3.63, 3.8) is 0 Å². The summed E-state index contributed by atoms with van der Waals surface area (Å²) in [7, 11) is -3.63. The monoisotopic (exact) mass is 436 g/mol. The van der Waals surface area contributed by atoms with Gasteiger partial charge in [0.25, 0.3) is 0 Å². The van der Waals surface area contributed by atoms with Gasteiger partial charge in [0.2, 0.25) is 15.9 Å². The number of aryl methyl sites for hydroxylation is 3. The quantitative estimate of drug-likeness (QED) is 0.594. The van der Waals surface area contributed by atoms with Gasteiger partial charge < -0.3 is 5.32 Å². The van der Waals surface area contributed by atoms with Crippen LogP contribution in [-0.4, -0.2) is 37.5 Å². The summed E-state index contributed by atoms with van der Waals surface area (Å²) in [5.74, 6) is -0.381. The summed E-state index contributed by atoms with van der Waals surface area (Å²) in [6, 6.07) is 6.68. The summed E-state index contributed by atoms with van der Waals surface area (Å²) in [6.07, 6.45) is 0.151. The second-order valence-electron chi connectivity index (χ2n) is 6.87. The maximum atomic E-state index is 12.8. The highest BCUT2D eigenvalue weighted by molar-refractivity contribution is 7.89. The van der Waals surface area contributed by atoms with Gasteiger partial charge in [0.1, 0.15) is 0 Å². The van der Waals surface area contributed by atoms with Gasteiger partial charge in [-0.1, -0.05) is 19.9 Å². The molecule has 1 aromatic heterocycles. The molecular formula is C21H28N2O4S2. The average molecular weight is 437 g/mol. The molecule has 1 aromatic carbocycles. The summed E-state index contributed by atoms with van der Waals surface area (Å²) in [6.45, 7) is 9.89. The van der Waals surface area contributed by atoms with Crippen LogP contribution in [0.15, 0.2) is 29.2 Å². The standard InChI is InChI=1S/C21H28N2O4S2/c1-6-23(7-2)29(26,27)20-13-17(9-8-14(20)3)22-21(25)11-10-19(24)18-12-15(4)28-16(18)5/h8-9,12-13H,6-7,10-11H2,1-5H3,(H,22,25). The zero-order valence-electron chi connectivity index (χ0n) is 17.5. The van der Waals surface area contributed by atoms with E-state index in [2.05, 4.69) is 5.32 Å². The van der Waals surface area contributed by atoms with E-state index in [-0.39, 0.29) is 29.4 Å². The highest BCUT2D eigenvalue weighted by atomic mass is 32.2. The third-order valence-electron chi connectivity index (χ3n) is 4.72. The smallest absolute Gasteiger partial charge is 0.243 e. The van der Waals surface area contributed by atoms with Crippen molar-refractivity contribution < 1.29 is 18.0 Å². The van der Waals surface area contributed by atoms with Crippen molar-refractivity contribution >= 4 is 38.7 Å². The Labute approximate surface area is 177 Å². The fourth-order valence-electron chi connectivity index (χ4n) is 3.15. The van der Waals surface area contributed by atoms with Crippen molar-refractivity contribution in [1.82, 2.24) is 4.31 Å². The first-order valence-corrected chi connectivity index (χ1v) is 11.9. The predicted molar refractivity (Wildman–Crippen MR) is 117 cm³/mol. The zero-order chi connectivity index (χ0) is 21.8. The first kappa shape index (κ1) is 23.3. The fourth-order valence-corrected chi connectivity index (χ4v) is 5.80. The van der Waals surface area contributed by atoms with Gasteiger partial charge in [-0.25, -0.2) is 8.42 Å². The van der Waals surface area contributed by atoms with Crippen molar-refractivity contribution in [1.29, 1.82) is 0 Å². The van der Waals surface area contributed by atoms with E-state index in [1.807, 2.05) is 19.9 Å². The SMILES string of the molecule is CCN(CC)S(=O)(=O)c1cc(NC(=O)CCC(=O)c2cc(C)sc2C)ccc1C.